The highest BCUT2D eigenvalue weighted by Crippen LogP contribution is 2.72. The van der Waals surface area contributed by atoms with Crippen LogP contribution in [-0.4, -0.2) is 34.7 Å². The molecule has 0 aromatic carbocycles. The second-order valence-electron chi connectivity index (χ2n) is 7.62. The number of hydrogen-bond donors (Lipinski definition) is 1. The van der Waals surface area contributed by atoms with Crippen LogP contribution in [-0.2, 0) is 0 Å². The normalized spacial score (nSPS) is 42.4. The van der Waals surface area contributed by atoms with Gasteiger partial charge in [0.25, 0.3) is 0 Å². The van der Waals surface area contributed by atoms with Crippen LogP contribution in [0.25, 0.3) is 0 Å². The van der Waals surface area contributed by atoms with Crippen molar-refractivity contribution < 1.29 is 4.52 Å². The number of nitrogens with two attached hydrogens (primary N) is 1. The fourth-order valence-electron chi connectivity index (χ4n) is 5.51. The van der Waals surface area contributed by atoms with E-state index in [1.54, 1.807) is 0 Å². The molecule has 0 radical (unpaired) electrons. The van der Waals surface area contributed by atoms with Crippen molar-refractivity contribution >= 4 is 0 Å². The van der Waals surface area contributed by atoms with Gasteiger partial charge in [0, 0.05) is 12.5 Å². The molecule has 3 aliphatic carbocycles. The topological polar surface area (TPSA) is 68.2 Å². The quantitative estimate of drug-likeness (QED) is 0.917. The van der Waals surface area contributed by atoms with Gasteiger partial charge in [-0.3, -0.25) is 0 Å². The summed E-state index contributed by atoms with van der Waals surface area (Å²) in [5.74, 6) is 5.76. The van der Waals surface area contributed by atoms with E-state index in [9.17, 15) is 0 Å². The van der Waals surface area contributed by atoms with Gasteiger partial charge in [0.05, 0.1) is 6.04 Å². The molecule has 114 valence electrons. The van der Waals surface area contributed by atoms with Crippen LogP contribution in [0, 0.1) is 23.7 Å². The Kier molecular flexibility index (Phi) is 2.71. The Morgan fingerprint density at radius 2 is 1.90 bits per heavy atom. The first-order valence-electron chi connectivity index (χ1n) is 8.62. The zero-order chi connectivity index (χ0) is 14.0. The van der Waals surface area contributed by atoms with E-state index in [1.165, 1.54) is 32.1 Å². The molecule has 1 aliphatic heterocycles. The van der Waals surface area contributed by atoms with Crippen LogP contribution in [0.4, 0.5) is 0 Å². The number of fused-ring (bicyclic) bond motifs is 5. The summed E-state index contributed by atoms with van der Waals surface area (Å²) in [5, 5.41) is 4.18. The van der Waals surface area contributed by atoms with Gasteiger partial charge in [-0.2, -0.15) is 4.98 Å². The summed E-state index contributed by atoms with van der Waals surface area (Å²) in [6, 6.07) is -0.101. The molecule has 1 aromatic heterocycles. The van der Waals surface area contributed by atoms with Crippen molar-refractivity contribution in [1.29, 1.82) is 0 Å². The highest BCUT2D eigenvalue weighted by molar-refractivity contribution is 5.23. The molecule has 0 spiro atoms. The molecule has 2 bridgehead atoms. The monoisotopic (exact) mass is 288 g/mol. The Bertz CT molecular complexity index is 522. The van der Waals surface area contributed by atoms with Gasteiger partial charge in [-0.15, -0.1) is 0 Å². The molecule has 2 N–H and O–H groups in total. The molecule has 3 saturated carbocycles. The van der Waals surface area contributed by atoms with Gasteiger partial charge < -0.3 is 15.2 Å². The van der Waals surface area contributed by atoms with Crippen molar-refractivity contribution in [2.75, 3.05) is 19.6 Å². The third-order valence-corrected chi connectivity index (χ3v) is 6.46. The molecule has 1 saturated heterocycles. The van der Waals surface area contributed by atoms with Gasteiger partial charge in [0.1, 0.15) is 0 Å². The van der Waals surface area contributed by atoms with E-state index in [2.05, 4.69) is 15.0 Å². The zero-order valence-electron chi connectivity index (χ0n) is 12.4. The Balaban J connectivity index is 1.27. The Labute approximate surface area is 125 Å². The maximum Gasteiger partial charge on any atom is 0.230 e. The van der Waals surface area contributed by atoms with Crippen molar-refractivity contribution in [1.82, 2.24) is 15.0 Å². The summed E-state index contributed by atoms with van der Waals surface area (Å²) in [4.78, 5) is 7.07. The summed E-state index contributed by atoms with van der Waals surface area (Å²) in [5.41, 5.74) is 6.26. The number of likely N-dealkylation sites (tertiary alicyclic amines) is 1. The Morgan fingerprint density at radius 1 is 1.19 bits per heavy atom. The van der Waals surface area contributed by atoms with E-state index in [4.69, 9.17) is 10.3 Å². The number of hydrogen-bond acceptors (Lipinski definition) is 5. The third kappa shape index (κ3) is 1.90. The molecule has 4 fully saturated rings. The summed E-state index contributed by atoms with van der Waals surface area (Å²) in [6.45, 7) is 3.19. The van der Waals surface area contributed by atoms with Crippen LogP contribution >= 0.6 is 0 Å². The zero-order valence-corrected chi connectivity index (χ0v) is 12.4. The van der Waals surface area contributed by atoms with Crippen LogP contribution in [0.5, 0.6) is 0 Å². The van der Waals surface area contributed by atoms with E-state index in [0.717, 1.165) is 49.2 Å². The summed E-state index contributed by atoms with van der Waals surface area (Å²) < 4.78 is 5.58. The molecule has 5 nitrogen and oxygen atoms in total. The van der Waals surface area contributed by atoms with E-state index >= 15 is 0 Å². The fourth-order valence-corrected chi connectivity index (χ4v) is 5.51. The van der Waals surface area contributed by atoms with Gasteiger partial charge >= 0.3 is 0 Å². The Hall–Kier alpha value is -0.940. The number of rotatable bonds is 4. The van der Waals surface area contributed by atoms with Crippen LogP contribution in [0.1, 0.15) is 55.8 Å². The smallest absolute Gasteiger partial charge is 0.230 e. The molecule has 1 aromatic rings. The first-order chi connectivity index (χ1) is 10.3. The summed E-state index contributed by atoms with van der Waals surface area (Å²) >= 11 is 0. The minimum absolute atomic E-state index is 0.101. The second-order valence-corrected chi connectivity index (χ2v) is 7.62. The van der Waals surface area contributed by atoms with Crippen LogP contribution in [0.2, 0.25) is 0 Å². The van der Waals surface area contributed by atoms with E-state index in [1.807, 2.05) is 0 Å². The first kappa shape index (κ1) is 12.6. The van der Waals surface area contributed by atoms with Crippen molar-refractivity contribution in [2.45, 2.75) is 44.1 Å². The maximum absolute atomic E-state index is 6.26. The van der Waals surface area contributed by atoms with E-state index in [-0.39, 0.29) is 6.04 Å². The van der Waals surface area contributed by atoms with Gasteiger partial charge in [-0.25, -0.2) is 0 Å². The molecular weight excluding hydrogens is 264 g/mol. The molecule has 5 atom stereocenters. The first-order valence-corrected chi connectivity index (χ1v) is 8.62. The van der Waals surface area contributed by atoms with Gasteiger partial charge in [-0.1, -0.05) is 5.16 Å². The van der Waals surface area contributed by atoms with Crippen molar-refractivity contribution in [3.63, 3.8) is 0 Å². The van der Waals surface area contributed by atoms with E-state index in [0.29, 0.717) is 11.7 Å². The SMILES string of the molecule is NC(CN1CCCC1)c1noc(C2C3C4CCC(C4)C23)n1. The fraction of sp³-hybridized carbons (Fsp3) is 0.875. The average Bonchev–Trinajstić information content (AvgIpc) is 3.06. The molecule has 2 heterocycles. The lowest BCUT2D eigenvalue weighted by Gasteiger charge is -2.17. The largest absolute Gasteiger partial charge is 0.339 e. The molecular formula is C16H24N4O. The predicted molar refractivity (Wildman–Crippen MR) is 77.5 cm³/mol. The molecule has 5 unspecified atom stereocenters. The highest BCUT2D eigenvalue weighted by atomic mass is 16.5. The minimum atomic E-state index is -0.101. The number of aromatic nitrogens is 2. The van der Waals surface area contributed by atoms with Crippen molar-refractivity contribution in [2.24, 2.45) is 29.4 Å². The maximum atomic E-state index is 6.26. The van der Waals surface area contributed by atoms with Crippen molar-refractivity contribution in [3.8, 4) is 0 Å². The standard InChI is InChI=1S/C16H24N4O/c17-11(8-20-5-1-2-6-20)15-18-16(21-19-15)14-12-9-3-4-10(7-9)13(12)14/h9-14H,1-8,17H2. The number of nitrogens with zero attached hydrogens (tertiary/aromatic N) is 3. The Morgan fingerprint density at radius 3 is 2.62 bits per heavy atom. The van der Waals surface area contributed by atoms with Crippen molar-refractivity contribution in [3.05, 3.63) is 11.7 Å². The second kappa shape index (κ2) is 4.53. The van der Waals surface area contributed by atoms with Gasteiger partial charge in [0.2, 0.25) is 5.89 Å². The van der Waals surface area contributed by atoms with E-state index < -0.39 is 0 Å². The van der Waals surface area contributed by atoms with Gasteiger partial charge in [-0.05, 0) is 68.9 Å². The summed E-state index contributed by atoms with van der Waals surface area (Å²) in [6.07, 6.45) is 6.90. The lowest BCUT2D eigenvalue weighted by molar-refractivity contribution is 0.304. The summed E-state index contributed by atoms with van der Waals surface area (Å²) in [7, 11) is 0. The average molecular weight is 288 g/mol. The highest BCUT2D eigenvalue weighted by Gasteiger charge is 2.67. The lowest BCUT2D eigenvalue weighted by Crippen LogP contribution is -2.30. The minimum Gasteiger partial charge on any atom is -0.339 e. The third-order valence-electron chi connectivity index (χ3n) is 6.46. The molecule has 5 rings (SSSR count). The molecule has 0 amide bonds. The van der Waals surface area contributed by atoms with Gasteiger partial charge in [0.15, 0.2) is 5.82 Å². The molecule has 5 heteroatoms. The van der Waals surface area contributed by atoms with Crippen LogP contribution in [0.15, 0.2) is 4.52 Å². The predicted octanol–water partition coefficient (Wildman–Crippen LogP) is 1.92. The van der Waals surface area contributed by atoms with Crippen LogP contribution in [0.3, 0.4) is 0 Å². The molecule has 21 heavy (non-hydrogen) atoms. The molecule has 4 aliphatic rings. The lowest BCUT2D eigenvalue weighted by atomic mass is 10.0. The van der Waals surface area contributed by atoms with Crippen LogP contribution < -0.4 is 5.73 Å².